The second kappa shape index (κ2) is 6.61. The molecular weight excluding hydrogens is 376 g/mol. The largest absolute Gasteiger partial charge is 0.358 e. The number of aromatic amines is 1. The molecule has 0 saturated heterocycles. The lowest BCUT2D eigenvalue weighted by Crippen LogP contribution is -2.26. The maximum Gasteiger partial charge on any atom is 0.251 e. The summed E-state index contributed by atoms with van der Waals surface area (Å²) in [6, 6.07) is 9.39. The topological polar surface area (TPSA) is 78.3 Å². The average molecular weight is 395 g/mol. The Morgan fingerprint density at radius 1 is 1.32 bits per heavy atom. The Morgan fingerprint density at radius 3 is 3.11 bits per heavy atom. The molecule has 4 heterocycles. The number of hydrogen-bond acceptors (Lipinski definition) is 4. The fourth-order valence-corrected chi connectivity index (χ4v) is 4.01. The summed E-state index contributed by atoms with van der Waals surface area (Å²) in [6.45, 7) is 2.21. The number of carbonyl (C=O) groups excluding carboxylic acids is 1. The van der Waals surface area contributed by atoms with Gasteiger partial charge in [-0.25, -0.2) is 0 Å². The van der Waals surface area contributed by atoms with Crippen LogP contribution >= 0.6 is 11.6 Å². The molecule has 0 unspecified atom stereocenters. The van der Waals surface area contributed by atoms with Gasteiger partial charge in [-0.3, -0.25) is 9.20 Å². The van der Waals surface area contributed by atoms with Crippen molar-refractivity contribution in [2.75, 3.05) is 13.6 Å². The van der Waals surface area contributed by atoms with Crippen LogP contribution in [0.2, 0.25) is 5.02 Å². The summed E-state index contributed by atoms with van der Waals surface area (Å²) in [5, 5.41) is 12.8. The highest BCUT2D eigenvalue weighted by molar-refractivity contribution is 6.33. The third kappa shape index (κ3) is 2.83. The van der Waals surface area contributed by atoms with Crippen molar-refractivity contribution in [1.29, 1.82) is 0 Å². The molecule has 0 bridgehead atoms. The number of halogens is 1. The van der Waals surface area contributed by atoms with Gasteiger partial charge >= 0.3 is 0 Å². The van der Waals surface area contributed by atoms with Crippen LogP contribution in [0.1, 0.15) is 27.4 Å². The van der Waals surface area contributed by atoms with Gasteiger partial charge < -0.3 is 15.2 Å². The first-order valence-corrected chi connectivity index (χ1v) is 9.56. The highest BCUT2D eigenvalue weighted by Crippen LogP contribution is 2.28. The van der Waals surface area contributed by atoms with Crippen molar-refractivity contribution in [2.45, 2.75) is 19.5 Å². The molecule has 0 aliphatic carbocycles. The molecule has 5 rings (SSSR count). The fourth-order valence-electron chi connectivity index (χ4n) is 3.80. The zero-order chi connectivity index (χ0) is 19.3. The van der Waals surface area contributed by atoms with Crippen LogP contribution in [0.3, 0.4) is 0 Å². The summed E-state index contributed by atoms with van der Waals surface area (Å²) in [5.41, 5.74) is 4.86. The molecule has 4 aromatic rings. The number of H-pyrrole nitrogens is 1. The predicted molar refractivity (Wildman–Crippen MR) is 108 cm³/mol. The van der Waals surface area contributed by atoms with Crippen LogP contribution in [0.15, 0.2) is 36.5 Å². The minimum absolute atomic E-state index is 0.139. The fraction of sp³-hybridized carbons (Fsp3) is 0.250. The van der Waals surface area contributed by atoms with E-state index in [-0.39, 0.29) is 12.5 Å². The highest BCUT2D eigenvalue weighted by Gasteiger charge is 2.19. The number of nitrogens with one attached hydrogen (secondary N) is 2. The SMILES string of the molecule is CN1CCc2[nH]c3ccc(C(=O)NCc4nnc5c(Cl)cccn45)cc3c2C1. The van der Waals surface area contributed by atoms with Crippen LogP contribution in [-0.2, 0) is 19.5 Å². The van der Waals surface area contributed by atoms with Gasteiger partial charge in [0.2, 0.25) is 0 Å². The predicted octanol–water partition coefficient (Wildman–Crippen LogP) is 2.78. The number of likely N-dealkylation sites (N-methyl/N-ethyl adjacent to an activating group) is 1. The Labute approximate surface area is 166 Å². The van der Waals surface area contributed by atoms with Gasteiger partial charge in [0.1, 0.15) is 0 Å². The summed E-state index contributed by atoms with van der Waals surface area (Å²) in [4.78, 5) is 18.5. The van der Waals surface area contributed by atoms with Gasteiger partial charge in [0.15, 0.2) is 11.5 Å². The van der Waals surface area contributed by atoms with Crippen molar-refractivity contribution >= 4 is 34.1 Å². The molecule has 1 amide bonds. The molecule has 3 aromatic heterocycles. The zero-order valence-corrected chi connectivity index (χ0v) is 16.1. The van der Waals surface area contributed by atoms with Crippen molar-refractivity contribution in [3.05, 3.63) is 64.2 Å². The van der Waals surface area contributed by atoms with E-state index < -0.39 is 0 Å². The van der Waals surface area contributed by atoms with Crippen LogP contribution in [-0.4, -0.2) is 44.0 Å². The van der Waals surface area contributed by atoms with Crippen molar-refractivity contribution < 1.29 is 4.79 Å². The van der Waals surface area contributed by atoms with Crippen molar-refractivity contribution in [2.24, 2.45) is 0 Å². The lowest BCUT2D eigenvalue weighted by Gasteiger charge is -2.22. The third-order valence-electron chi connectivity index (χ3n) is 5.29. The van der Waals surface area contributed by atoms with Crippen LogP contribution in [0, 0.1) is 0 Å². The van der Waals surface area contributed by atoms with E-state index in [0.717, 1.165) is 30.4 Å². The van der Waals surface area contributed by atoms with Crippen molar-refractivity contribution in [1.82, 2.24) is 29.8 Å². The maximum absolute atomic E-state index is 12.7. The molecule has 0 fully saturated rings. The van der Waals surface area contributed by atoms with E-state index in [1.165, 1.54) is 11.3 Å². The lowest BCUT2D eigenvalue weighted by atomic mass is 10.0. The first-order chi connectivity index (χ1) is 13.6. The number of benzene rings is 1. The summed E-state index contributed by atoms with van der Waals surface area (Å²) >= 11 is 6.12. The highest BCUT2D eigenvalue weighted by atomic mass is 35.5. The first kappa shape index (κ1) is 17.2. The zero-order valence-electron chi connectivity index (χ0n) is 15.4. The lowest BCUT2D eigenvalue weighted by molar-refractivity contribution is 0.0950. The number of carbonyl (C=O) groups is 1. The number of amides is 1. The van der Waals surface area contributed by atoms with E-state index in [2.05, 4.69) is 32.4 Å². The molecule has 0 spiro atoms. The molecule has 0 saturated carbocycles. The summed E-state index contributed by atoms with van der Waals surface area (Å²) in [6.07, 6.45) is 2.84. The Hall–Kier alpha value is -2.90. The molecule has 0 atom stereocenters. The minimum Gasteiger partial charge on any atom is -0.358 e. The quantitative estimate of drug-likeness (QED) is 0.560. The van der Waals surface area contributed by atoms with E-state index in [9.17, 15) is 4.79 Å². The van der Waals surface area contributed by atoms with E-state index in [4.69, 9.17) is 11.6 Å². The maximum atomic E-state index is 12.7. The molecular formula is C20H19ClN6O. The third-order valence-corrected chi connectivity index (χ3v) is 5.59. The minimum atomic E-state index is -0.139. The van der Waals surface area contributed by atoms with Gasteiger partial charge in [0.05, 0.1) is 11.6 Å². The first-order valence-electron chi connectivity index (χ1n) is 9.18. The van der Waals surface area contributed by atoms with E-state index in [1.807, 2.05) is 30.5 Å². The second-order valence-electron chi connectivity index (χ2n) is 7.18. The monoisotopic (exact) mass is 394 g/mol. The molecule has 142 valence electrons. The molecule has 1 aliphatic rings. The summed E-state index contributed by atoms with van der Waals surface area (Å²) in [5.74, 6) is 0.493. The number of nitrogens with zero attached hydrogens (tertiary/aromatic N) is 4. The molecule has 0 radical (unpaired) electrons. The van der Waals surface area contributed by atoms with E-state index in [1.54, 1.807) is 10.5 Å². The Kier molecular flexibility index (Phi) is 4.07. The average Bonchev–Trinajstić information content (AvgIpc) is 3.27. The van der Waals surface area contributed by atoms with Crippen LogP contribution < -0.4 is 5.32 Å². The van der Waals surface area contributed by atoms with Crippen LogP contribution in [0.25, 0.3) is 16.6 Å². The molecule has 28 heavy (non-hydrogen) atoms. The molecule has 8 heteroatoms. The van der Waals surface area contributed by atoms with Crippen molar-refractivity contribution in [3.8, 4) is 0 Å². The number of rotatable bonds is 3. The summed E-state index contributed by atoms with van der Waals surface area (Å²) < 4.78 is 1.78. The van der Waals surface area contributed by atoms with Gasteiger partial charge in [0.25, 0.3) is 5.91 Å². The standard InChI is InChI=1S/C20H19ClN6O/c1-26-8-6-17-14(11-26)13-9-12(4-5-16(13)23-17)20(28)22-10-18-24-25-19-15(21)3-2-7-27(18)19/h2-5,7,9,23H,6,8,10-11H2,1H3,(H,22,28). The van der Waals surface area contributed by atoms with E-state index >= 15 is 0 Å². The van der Waals surface area contributed by atoms with Crippen LogP contribution in [0.5, 0.6) is 0 Å². The van der Waals surface area contributed by atoms with Gasteiger partial charge in [-0.2, -0.15) is 0 Å². The van der Waals surface area contributed by atoms with Crippen molar-refractivity contribution in [3.63, 3.8) is 0 Å². The normalized spacial score (nSPS) is 14.5. The van der Waals surface area contributed by atoms with Crippen LogP contribution in [0.4, 0.5) is 0 Å². The van der Waals surface area contributed by atoms with Gasteiger partial charge in [0, 0.05) is 47.9 Å². The Balaban J connectivity index is 1.40. The summed E-state index contributed by atoms with van der Waals surface area (Å²) in [7, 11) is 2.12. The Bertz CT molecular complexity index is 1210. The van der Waals surface area contributed by atoms with E-state index in [0.29, 0.717) is 22.1 Å². The molecule has 1 aromatic carbocycles. The number of hydrogen-bond donors (Lipinski definition) is 2. The smallest absolute Gasteiger partial charge is 0.251 e. The number of pyridine rings is 1. The van der Waals surface area contributed by atoms with Gasteiger partial charge in [-0.15, -0.1) is 10.2 Å². The number of fused-ring (bicyclic) bond motifs is 4. The molecule has 2 N–H and O–H groups in total. The number of aromatic nitrogens is 4. The van der Waals surface area contributed by atoms with Gasteiger partial charge in [-0.1, -0.05) is 11.6 Å². The molecule has 7 nitrogen and oxygen atoms in total. The van der Waals surface area contributed by atoms with Gasteiger partial charge in [-0.05, 0) is 42.9 Å². The molecule has 1 aliphatic heterocycles. The second-order valence-corrected chi connectivity index (χ2v) is 7.59. The Morgan fingerprint density at radius 2 is 2.21 bits per heavy atom.